The fourth-order valence-corrected chi connectivity index (χ4v) is 2.11. The molecular weight excluding hydrogens is 178 g/mol. The molecular formula is C11H13NS. The summed E-state index contributed by atoms with van der Waals surface area (Å²) >= 11 is 1.79. The van der Waals surface area contributed by atoms with Crippen LogP contribution >= 0.6 is 11.8 Å². The molecule has 0 saturated carbocycles. The summed E-state index contributed by atoms with van der Waals surface area (Å²) in [5.41, 5.74) is 3.98. The van der Waals surface area contributed by atoms with Crippen LogP contribution in [-0.2, 0) is 0 Å². The Morgan fingerprint density at radius 3 is 2.62 bits per heavy atom. The summed E-state index contributed by atoms with van der Waals surface area (Å²) in [6.45, 7) is 4.29. The Hall–Kier alpha value is -0.890. The number of thioether (sulfide) groups is 1. The molecule has 2 aromatic rings. The van der Waals surface area contributed by atoms with E-state index >= 15 is 0 Å². The molecule has 0 saturated heterocycles. The molecule has 0 atom stereocenters. The zero-order valence-electron chi connectivity index (χ0n) is 8.16. The predicted molar refractivity (Wildman–Crippen MR) is 58.7 cm³/mol. The first kappa shape index (κ1) is 8.70. The van der Waals surface area contributed by atoms with E-state index < -0.39 is 0 Å². The minimum Gasteiger partial charge on any atom is -0.322 e. The highest BCUT2D eigenvalue weighted by Gasteiger charge is 2.01. The molecule has 0 aliphatic rings. The highest BCUT2D eigenvalue weighted by atomic mass is 32.2. The Labute approximate surface area is 82.8 Å². The van der Waals surface area contributed by atoms with Crippen molar-refractivity contribution in [1.29, 1.82) is 0 Å². The smallest absolute Gasteiger partial charge is 0.0490 e. The maximum absolute atomic E-state index is 2.24. The van der Waals surface area contributed by atoms with E-state index in [4.69, 9.17) is 0 Å². The van der Waals surface area contributed by atoms with Crippen molar-refractivity contribution in [2.75, 3.05) is 6.26 Å². The average Bonchev–Trinajstić information content (AvgIpc) is 2.47. The normalized spacial score (nSPS) is 11.0. The van der Waals surface area contributed by atoms with Gasteiger partial charge in [-0.25, -0.2) is 0 Å². The van der Waals surface area contributed by atoms with E-state index in [2.05, 4.69) is 49.0 Å². The largest absolute Gasteiger partial charge is 0.322 e. The van der Waals surface area contributed by atoms with Crippen molar-refractivity contribution >= 4 is 17.3 Å². The first-order chi connectivity index (χ1) is 6.20. The molecule has 2 aromatic heterocycles. The standard InChI is InChI=1S/C11H13NS/c1-8-4-9(2)11-5-10(13-3)7-12(11)6-8/h4-7H,1-3H3. The van der Waals surface area contributed by atoms with Crippen molar-refractivity contribution in [1.82, 2.24) is 4.40 Å². The zero-order chi connectivity index (χ0) is 9.42. The van der Waals surface area contributed by atoms with Gasteiger partial charge in [-0.2, -0.15) is 0 Å². The van der Waals surface area contributed by atoms with Gasteiger partial charge in [-0.15, -0.1) is 11.8 Å². The molecule has 0 N–H and O–H groups in total. The van der Waals surface area contributed by atoms with Crippen LogP contribution in [-0.4, -0.2) is 10.7 Å². The molecule has 0 unspecified atom stereocenters. The zero-order valence-corrected chi connectivity index (χ0v) is 8.98. The van der Waals surface area contributed by atoms with Gasteiger partial charge in [0.2, 0.25) is 0 Å². The van der Waals surface area contributed by atoms with Crippen LogP contribution in [0.4, 0.5) is 0 Å². The summed E-state index contributed by atoms with van der Waals surface area (Å²) in [7, 11) is 0. The van der Waals surface area contributed by atoms with Crippen LogP contribution in [0, 0.1) is 13.8 Å². The quantitative estimate of drug-likeness (QED) is 0.626. The third-order valence-electron chi connectivity index (χ3n) is 2.25. The fraction of sp³-hybridized carbons (Fsp3) is 0.273. The number of pyridine rings is 1. The third kappa shape index (κ3) is 1.46. The molecule has 0 fully saturated rings. The number of hydrogen-bond donors (Lipinski definition) is 0. The van der Waals surface area contributed by atoms with Gasteiger partial charge in [0.1, 0.15) is 0 Å². The van der Waals surface area contributed by atoms with Gasteiger partial charge < -0.3 is 4.40 Å². The van der Waals surface area contributed by atoms with Crippen LogP contribution in [0.5, 0.6) is 0 Å². The molecule has 0 aliphatic carbocycles. The van der Waals surface area contributed by atoms with Crippen LogP contribution in [0.1, 0.15) is 11.1 Å². The lowest BCUT2D eigenvalue weighted by atomic mass is 10.2. The highest BCUT2D eigenvalue weighted by Crippen LogP contribution is 2.21. The number of hydrogen-bond acceptors (Lipinski definition) is 1. The van der Waals surface area contributed by atoms with Crippen molar-refractivity contribution in [3.63, 3.8) is 0 Å². The number of aryl methyl sites for hydroxylation is 2. The van der Waals surface area contributed by atoms with Crippen LogP contribution in [0.15, 0.2) is 29.4 Å². The minimum atomic E-state index is 1.31. The lowest BCUT2D eigenvalue weighted by molar-refractivity contribution is 1.13. The van der Waals surface area contributed by atoms with Crippen molar-refractivity contribution in [2.24, 2.45) is 0 Å². The van der Waals surface area contributed by atoms with Crippen LogP contribution in [0.25, 0.3) is 5.52 Å². The van der Waals surface area contributed by atoms with Crippen LogP contribution in [0.2, 0.25) is 0 Å². The molecule has 0 spiro atoms. The monoisotopic (exact) mass is 191 g/mol. The van der Waals surface area contributed by atoms with E-state index in [0.29, 0.717) is 0 Å². The summed E-state index contributed by atoms with van der Waals surface area (Å²) in [5, 5.41) is 0. The topological polar surface area (TPSA) is 4.41 Å². The Bertz CT molecular complexity index is 443. The summed E-state index contributed by atoms with van der Waals surface area (Å²) in [4.78, 5) is 1.33. The molecule has 2 rings (SSSR count). The van der Waals surface area contributed by atoms with Crippen molar-refractivity contribution in [3.8, 4) is 0 Å². The molecule has 2 heteroatoms. The Balaban J connectivity index is 2.75. The molecule has 1 nitrogen and oxygen atoms in total. The predicted octanol–water partition coefficient (Wildman–Crippen LogP) is 3.28. The molecule has 0 radical (unpaired) electrons. The maximum Gasteiger partial charge on any atom is 0.0490 e. The second-order valence-electron chi connectivity index (χ2n) is 3.37. The van der Waals surface area contributed by atoms with Gasteiger partial charge in [-0.3, -0.25) is 0 Å². The highest BCUT2D eigenvalue weighted by molar-refractivity contribution is 7.98. The first-order valence-corrected chi connectivity index (χ1v) is 5.56. The minimum absolute atomic E-state index is 1.31. The van der Waals surface area contributed by atoms with E-state index in [1.165, 1.54) is 21.5 Å². The Morgan fingerprint density at radius 2 is 1.92 bits per heavy atom. The average molecular weight is 191 g/mol. The Kier molecular flexibility index (Phi) is 2.08. The SMILES string of the molecule is CSc1cc2c(C)cc(C)cn2c1. The molecule has 0 bridgehead atoms. The molecule has 13 heavy (non-hydrogen) atoms. The maximum atomic E-state index is 2.24. The third-order valence-corrected chi connectivity index (χ3v) is 2.94. The number of nitrogens with zero attached hydrogens (tertiary/aromatic N) is 1. The number of fused-ring (bicyclic) bond motifs is 1. The molecule has 68 valence electrons. The summed E-state index contributed by atoms with van der Waals surface area (Å²) in [6.07, 6.45) is 6.46. The molecule has 0 aromatic carbocycles. The van der Waals surface area contributed by atoms with Crippen molar-refractivity contribution in [2.45, 2.75) is 18.7 Å². The lowest BCUT2D eigenvalue weighted by Crippen LogP contribution is -1.86. The van der Waals surface area contributed by atoms with E-state index in [9.17, 15) is 0 Å². The van der Waals surface area contributed by atoms with Crippen LogP contribution in [0.3, 0.4) is 0 Å². The molecule has 0 aliphatic heterocycles. The molecule has 2 heterocycles. The fourth-order valence-electron chi connectivity index (χ4n) is 1.66. The summed E-state index contributed by atoms with van der Waals surface area (Å²) in [5.74, 6) is 0. The molecule has 0 amide bonds. The summed E-state index contributed by atoms with van der Waals surface area (Å²) < 4.78 is 2.20. The second-order valence-corrected chi connectivity index (χ2v) is 4.25. The van der Waals surface area contributed by atoms with Crippen molar-refractivity contribution in [3.05, 3.63) is 35.7 Å². The van der Waals surface area contributed by atoms with Gasteiger partial charge in [-0.1, -0.05) is 6.07 Å². The Morgan fingerprint density at radius 1 is 1.15 bits per heavy atom. The van der Waals surface area contributed by atoms with Gasteiger partial charge >= 0.3 is 0 Å². The number of rotatable bonds is 1. The number of aromatic nitrogens is 1. The van der Waals surface area contributed by atoms with E-state index in [1.54, 1.807) is 11.8 Å². The van der Waals surface area contributed by atoms with E-state index in [1.807, 2.05) is 0 Å². The van der Waals surface area contributed by atoms with E-state index in [-0.39, 0.29) is 0 Å². The van der Waals surface area contributed by atoms with Gasteiger partial charge in [-0.05, 0) is 37.3 Å². The second kappa shape index (κ2) is 3.11. The summed E-state index contributed by atoms with van der Waals surface area (Å²) in [6, 6.07) is 4.46. The van der Waals surface area contributed by atoms with E-state index in [0.717, 1.165) is 0 Å². The van der Waals surface area contributed by atoms with Crippen molar-refractivity contribution < 1.29 is 0 Å². The van der Waals surface area contributed by atoms with Gasteiger partial charge in [0.25, 0.3) is 0 Å². The van der Waals surface area contributed by atoms with Crippen LogP contribution < -0.4 is 0 Å². The van der Waals surface area contributed by atoms with Gasteiger partial charge in [0.05, 0.1) is 0 Å². The lowest BCUT2D eigenvalue weighted by Gasteiger charge is -2.00. The first-order valence-electron chi connectivity index (χ1n) is 4.33. The van der Waals surface area contributed by atoms with Gasteiger partial charge in [0.15, 0.2) is 0 Å². The van der Waals surface area contributed by atoms with Gasteiger partial charge in [0, 0.05) is 22.8 Å².